The third-order valence-corrected chi connectivity index (χ3v) is 5.78. The first-order valence-electron chi connectivity index (χ1n) is 10.7. The number of nitrogens with zero attached hydrogens (tertiary/aromatic N) is 3. The molecule has 0 atom stereocenters. The summed E-state index contributed by atoms with van der Waals surface area (Å²) in [5.74, 6) is 0. The van der Waals surface area contributed by atoms with Crippen LogP contribution in [0.4, 0.5) is 0 Å². The van der Waals surface area contributed by atoms with Crippen molar-refractivity contribution in [3.05, 3.63) is 142 Å². The lowest BCUT2D eigenvalue weighted by Crippen LogP contribution is -2.06. The molecular formula is C29H22N4. The van der Waals surface area contributed by atoms with E-state index in [1.165, 1.54) is 0 Å². The van der Waals surface area contributed by atoms with E-state index in [0.29, 0.717) is 24.0 Å². The highest BCUT2D eigenvalue weighted by molar-refractivity contribution is 5.45. The van der Waals surface area contributed by atoms with Crippen LogP contribution in [0.1, 0.15) is 50.5 Å². The molecule has 0 bridgehead atoms. The van der Waals surface area contributed by atoms with Crippen LogP contribution in [0.5, 0.6) is 0 Å². The molecule has 0 heterocycles. The van der Waals surface area contributed by atoms with Crippen LogP contribution in [0.15, 0.2) is 102 Å². The van der Waals surface area contributed by atoms with Gasteiger partial charge in [-0.1, -0.05) is 72.8 Å². The molecule has 0 saturated heterocycles. The quantitative estimate of drug-likeness (QED) is 0.332. The fourth-order valence-electron chi connectivity index (χ4n) is 4.06. The second kappa shape index (κ2) is 10.2. The van der Waals surface area contributed by atoms with E-state index in [2.05, 4.69) is 29.4 Å². The van der Waals surface area contributed by atoms with Gasteiger partial charge >= 0.3 is 0 Å². The first kappa shape index (κ1) is 21.7. The number of benzene rings is 4. The Morgan fingerprint density at radius 1 is 0.606 bits per heavy atom. The van der Waals surface area contributed by atoms with Crippen molar-refractivity contribution in [3.63, 3.8) is 0 Å². The zero-order valence-corrected chi connectivity index (χ0v) is 18.1. The maximum Gasteiger partial charge on any atom is 0.121 e. The third kappa shape index (κ3) is 5.03. The highest BCUT2D eigenvalue weighted by Gasteiger charge is 2.20. The Morgan fingerprint density at radius 2 is 1.00 bits per heavy atom. The Kier molecular flexibility index (Phi) is 6.69. The molecule has 0 aliphatic rings. The van der Waals surface area contributed by atoms with Crippen LogP contribution in [0.25, 0.3) is 0 Å². The van der Waals surface area contributed by atoms with Crippen LogP contribution < -0.4 is 0 Å². The summed E-state index contributed by atoms with van der Waals surface area (Å²) >= 11 is 0. The van der Waals surface area contributed by atoms with Crippen molar-refractivity contribution in [2.45, 2.75) is 18.9 Å². The zero-order valence-electron chi connectivity index (χ0n) is 18.1. The molecule has 4 nitrogen and oxygen atoms in total. The van der Waals surface area contributed by atoms with Gasteiger partial charge in [0.25, 0.3) is 0 Å². The number of hydrogen-bond donors (Lipinski definition) is 1. The smallest absolute Gasteiger partial charge is 0.121 e. The van der Waals surface area contributed by atoms with Gasteiger partial charge in [0.1, 0.15) is 6.04 Å². The summed E-state index contributed by atoms with van der Waals surface area (Å²) in [6, 6.07) is 35.3. The van der Waals surface area contributed by atoms with Crippen LogP contribution >= 0.6 is 0 Å². The Hall–Kier alpha value is -4.54. The molecule has 4 heteroatoms. The molecule has 33 heavy (non-hydrogen) atoms. The molecule has 1 N–H and O–H groups in total. The van der Waals surface area contributed by atoms with Gasteiger partial charge in [0.05, 0.1) is 23.3 Å². The van der Waals surface area contributed by atoms with Gasteiger partial charge in [0, 0.05) is 0 Å². The SMILES string of the molecule is N#Cc1ccc(Cc2ccccc2C(N=N)c2ccccc2Cc2ccc(C#N)cc2)cc1. The first-order chi connectivity index (χ1) is 16.2. The molecule has 4 aromatic carbocycles. The van der Waals surface area contributed by atoms with E-state index in [9.17, 15) is 0 Å². The molecule has 0 aliphatic heterocycles. The molecule has 0 spiro atoms. The highest BCUT2D eigenvalue weighted by Crippen LogP contribution is 2.33. The molecule has 0 unspecified atom stereocenters. The van der Waals surface area contributed by atoms with Crippen molar-refractivity contribution in [2.24, 2.45) is 5.11 Å². The lowest BCUT2D eigenvalue weighted by atomic mass is 9.88. The summed E-state index contributed by atoms with van der Waals surface area (Å²) in [4.78, 5) is 0. The molecule has 0 saturated carbocycles. The average Bonchev–Trinajstić information content (AvgIpc) is 2.87. The number of nitriles is 2. The summed E-state index contributed by atoms with van der Waals surface area (Å²) in [5.41, 5.74) is 15.8. The number of rotatable bonds is 7. The minimum Gasteiger partial charge on any atom is -0.209 e. The summed E-state index contributed by atoms with van der Waals surface area (Å²) in [5, 5.41) is 22.2. The second-order valence-electron chi connectivity index (χ2n) is 7.90. The normalized spacial score (nSPS) is 10.4. The number of nitrogens with one attached hydrogen (secondary N) is 1. The van der Waals surface area contributed by atoms with Gasteiger partial charge in [-0.15, -0.1) is 0 Å². The maximum atomic E-state index is 9.05. The maximum absolute atomic E-state index is 9.05. The topological polar surface area (TPSA) is 83.8 Å². The predicted octanol–water partition coefficient (Wildman–Crippen LogP) is 6.73. The van der Waals surface area contributed by atoms with Gasteiger partial charge in [-0.25, -0.2) is 5.53 Å². The lowest BCUT2D eigenvalue weighted by molar-refractivity contribution is 0.757. The standard InChI is InChI=1S/C29H22N4/c30-19-23-13-9-21(10-14-23)17-25-5-1-3-7-27(25)29(33-32)28-8-4-2-6-26(28)18-22-11-15-24(20-31)16-12-22/h1-16,29,32H,17-18H2. The summed E-state index contributed by atoms with van der Waals surface area (Å²) in [6.45, 7) is 0. The van der Waals surface area contributed by atoms with E-state index in [0.717, 1.165) is 33.4 Å². The van der Waals surface area contributed by atoms with E-state index in [-0.39, 0.29) is 0 Å². The Morgan fingerprint density at radius 3 is 1.36 bits per heavy atom. The van der Waals surface area contributed by atoms with Crippen molar-refractivity contribution < 1.29 is 0 Å². The van der Waals surface area contributed by atoms with Gasteiger partial charge in [-0.2, -0.15) is 15.6 Å². The van der Waals surface area contributed by atoms with Crippen molar-refractivity contribution in [1.29, 1.82) is 16.1 Å². The molecule has 0 radical (unpaired) electrons. The third-order valence-electron chi connectivity index (χ3n) is 5.78. The first-order valence-corrected chi connectivity index (χ1v) is 10.7. The number of hydrogen-bond acceptors (Lipinski definition) is 4. The Balaban J connectivity index is 1.67. The second-order valence-corrected chi connectivity index (χ2v) is 7.90. The van der Waals surface area contributed by atoms with E-state index in [1.54, 1.807) is 0 Å². The van der Waals surface area contributed by atoms with Gasteiger partial charge in [-0.3, -0.25) is 0 Å². The molecule has 158 valence electrons. The largest absolute Gasteiger partial charge is 0.209 e. The zero-order chi connectivity index (χ0) is 23.0. The molecule has 0 fully saturated rings. The fraction of sp³-hybridized carbons (Fsp3) is 0.103. The minimum atomic E-state index is -0.408. The van der Waals surface area contributed by atoms with E-state index >= 15 is 0 Å². The van der Waals surface area contributed by atoms with E-state index in [1.807, 2.05) is 84.9 Å². The van der Waals surface area contributed by atoms with Gasteiger partial charge < -0.3 is 0 Å². The monoisotopic (exact) mass is 426 g/mol. The van der Waals surface area contributed by atoms with Gasteiger partial charge in [0.15, 0.2) is 0 Å². The van der Waals surface area contributed by atoms with Crippen LogP contribution in [0, 0.1) is 28.2 Å². The van der Waals surface area contributed by atoms with Crippen molar-refractivity contribution in [1.82, 2.24) is 0 Å². The predicted molar refractivity (Wildman–Crippen MR) is 128 cm³/mol. The summed E-state index contributed by atoms with van der Waals surface area (Å²) in [7, 11) is 0. The summed E-state index contributed by atoms with van der Waals surface area (Å²) < 4.78 is 0. The lowest BCUT2D eigenvalue weighted by Gasteiger charge is -2.19. The molecule has 0 amide bonds. The van der Waals surface area contributed by atoms with Crippen LogP contribution in [0.3, 0.4) is 0 Å². The molecule has 0 aliphatic carbocycles. The van der Waals surface area contributed by atoms with Crippen molar-refractivity contribution in [3.8, 4) is 12.1 Å². The average molecular weight is 427 g/mol. The van der Waals surface area contributed by atoms with Crippen LogP contribution in [0.2, 0.25) is 0 Å². The van der Waals surface area contributed by atoms with Gasteiger partial charge in [0.2, 0.25) is 0 Å². The van der Waals surface area contributed by atoms with Crippen LogP contribution in [-0.4, -0.2) is 0 Å². The fourth-order valence-corrected chi connectivity index (χ4v) is 4.06. The van der Waals surface area contributed by atoms with E-state index in [4.69, 9.17) is 16.1 Å². The van der Waals surface area contributed by atoms with Gasteiger partial charge in [-0.05, 0) is 70.5 Å². The Labute approximate surface area is 193 Å². The molecule has 0 aromatic heterocycles. The minimum absolute atomic E-state index is 0.408. The van der Waals surface area contributed by atoms with Crippen LogP contribution in [-0.2, 0) is 12.8 Å². The highest BCUT2D eigenvalue weighted by atomic mass is 15.0. The van der Waals surface area contributed by atoms with E-state index < -0.39 is 6.04 Å². The molecule has 4 aromatic rings. The van der Waals surface area contributed by atoms with Crippen molar-refractivity contribution in [2.75, 3.05) is 0 Å². The molecule has 4 rings (SSSR count). The Bertz CT molecular complexity index is 1240. The summed E-state index contributed by atoms with van der Waals surface area (Å²) in [6.07, 6.45) is 1.40. The van der Waals surface area contributed by atoms with Crippen molar-refractivity contribution >= 4 is 0 Å². The molecular weight excluding hydrogens is 404 g/mol.